The van der Waals surface area contributed by atoms with Crippen molar-refractivity contribution in [3.63, 3.8) is 0 Å². The Balaban J connectivity index is 2.49. The molecule has 0 bridgehead atoms. The van der Waals surface area contributed by atoms with E-state index < -0.39 is 10.0 Å². The fourth-order valence-corrected chi connectivity index (χ4v) is 4.70. The number of H-pyrrole nitrogens is 1. The summed E-state index contributed by atoms with van der Waals surface area (Å²) in [5, 5.41) is 0.382. The minimum absolute atomic E-state index is 0.224. The highest BCUT2D eigenvalue weighted by Crippen LogP contribution is 2.31. The Morgan fingerprint density at radius 3 is 2.84 bits per heavy atom. The number of aromatic nitrogens is 2. The fraction of sp³-hybridized carbons (Fsp3) is 0.364. The van der Waals surface area contributed by atoms with Crippen molar-refractivity contribution in [3.8, 4) is 0 Å². The van der Waals surface area contributed by atoms with Crippen LogP contribution in [0.5, 0.6) is 0 Å². The van der Waals surface area contributed by atoms with E-state index in [1.165, 1.54) is 10.4 Å². The zero-order valence-corrected chi connectivity index (χ0v) is 12.6. The monoisotopic (exact) mass is 317 g/mol. The topological polar surface area (TPSA) is 58.1 Å². The maximum Gasteiger partial charge on any atom is 0.245 e. The van der Waals surface area contributed by atoms with E-state index in [-0.39, 0.29) is 4.90 Å². The lowest BCUT2D eigenvalue weighted by Gasteiger charge is -2.17. The Bertz CT molecular complexity index is 822. The molecule has 5 nitrogen and oxygen atoms in total. The maximum atomic E-state index is 12.6. The first-order valence-electron chi connectivity index (χ1n) is 5.87. The molecule has 3 rings (SSSR count). The molecule has 0 amide bonds. The lowest BCUT2D eigenvalue weighted by molar-refractivity contribution is 0.415. The first-order chi connectivity index (χ1) is 8.95. The van der Waals surface area contributed by atoms with Gasteiger partial charge < -0.3 is 9.55 Å². The molecule has 1 aliphatic rings. The molecule has 8 heteroatoms. The van der Waals surface area contributed by atoms with Gasteiger partial charge in [-0.25, -0.2) is 8.42 Å². The largest absolute Gasteiger partial charge is 0.330 e. The van der Waals surface area contributed by atoms with Crippen LogP contribution >= 0.6 is 23.8 Å². The van der Waals surface area contributed by atoms with Gasteiger partial charge in [0.2, 0.25) is 10.0 Å². The van der Waals surface area contributed by atoms with Crippen molar-refractivity contribution < 1.29 is 8.42 Å². The Kier molecular flexibility index (Phi) is 2.97. The van der Waals surface area contributed by atoms with E-state index in [2.05, 4.69) is 4.98 Å². The number of hydrogen-bond donors (Lipinski definition) is 1. The normalized spacial score (nSPS) is 18.6. The van der Waals surface area contributed by atoms with Crippen LogP contribution in [-0.2, 0) is 16.6 Å². The Hall–Kier alpha value is -0.890. The van der Waals surface area contributed by atoms with Gasteiger partial charge in [-0.1, -0.05) is 18.5 Å². The molecule has 1 aromatic heterocycles. The molecule has 0 unspecified atom stereocenters. The van der Waals surface area contributed by atoms with Crippen LogP contribution in [0.2, 0.25) is 5.02 Å². The van der Waals surface area contributed by atoms with Gasteiger partial charge in [0, 0.05) is 24.7 Å². The van der Waals surface area contributed by atoms with Crippen LogP contribution in [0.25, 0.3) is 11.0 Å². The van der Waals surface area contributed by atoms with Crippen LogP contribution in [0.4, 0.5) is 0 Å². The van der Waals surface area contributed by atoms with Gasteiger partial charge >= 0.3 is 0 Å². The molecule has 1 N–H and O–H groups in total. The molecular formula is C11H12ClN3O2S2. The minimum Gasteiger partial charge on any atom is -0.330 e. The number of rotatable bonds is 1. The van der Waals surface area contributed by atoms with E-state index >= 15 is 0 Å². The predicted molar refractivity (Wildman–Crippen MR) is 76.6 cm³/mol. The average Bonchev–Trinajstić information content (AvgIpc) is 2.58. The van der Waals surface area contributed by atoms with Crippen molar-refractivity contribution in [1.29, 1.82) is 0 Å². The number of sulfonamides is 1. The molecule has 0 spiro atoms. The molecule has 0 atom stereocenters. The second kappa shape index (κ2) is 4.31. The zero-order valence-electron chi connectivity index (χ0n) is 10.2. The van der Waals surface area contributed by atoms with Crippen LogP contribution in [-0.4, -0.2) is 35.4 Å². The summed E-state index contributed by atoms with van der Waals surface area (Å²) in [6, 6.07) is 3.19. The SMILES string of the molecule is CCN1CCn2c(=S)[nH]c3cc(Cl)cc(c32)S1(=O)=O. The molecule has 0 saturated carbocycles. The minimum atomic E-state index is -3.52. The number of imidazole rings is 1. The summed E-state index contributed by atoms with van der Waals surface area (Å²) in [6.45, 7) is 3.20. The van der Waals surface area contributed by atoms with Crippen molar-refractivity contribution in [2.75, 3.05) is 13.1 Å². The molecule has 1 aromatic carbocycles. The molecule has 0 fully saturated rings. The first kappa shape index (κ1) is 13.1. The highest BCUT2D eigenvalue weighted by atomic mass is 35.5. The summed E-state index contributed by atoms with van der Waals surface area (Å²) in [6.07, 6.45) is 0. The van der Waals surface area contributed by atoms with Crippen LogP contribution in [0, 0.1) is 4.77 Å². The van der Waals surface area contributed by atoms with E-state index in [4.69, 9.17) is 23.8 Å². The van der Waals surface area contributed by atoms with Gasteiger partial charge in [0.15, 0.2) is 4.77 Å². The molecule has 0 saturated heterocycles. The Morgan fingerprint density at radius 1 is 1.42 bits per heavy atom. The molecule has 2 aromatic rings. The van der Waals surface area contributed by atoms with E-state index in [0.29, 0.717) is 40.5 Å². The van der Waals surface area contributed by atoms with E-state index in [9.17, 15) is 8.42 Å². The van der Waals surface area contributed by atoms with E-state index in [1.807, 2.05) is 11.5 Å². The van der Waals surface area contributed by atoms with Crippen LogP contribution in [0.3, 0.4) is 0 Å². The zero-order chi connectivity index (χ0) is 13.8. The maximum absolute atomic E-state index is 12.6. The second-order valence-electron chi connectivity index (χ2n) is 4.38. The van der Waals surface area contributed by atoms with Gasteiger partial charge in [-0.15, -0.1) is 0 Å². The summed E-state index contributed by atoms with van der Waals surface area (Å²) in [4.78, 5) is 3.23. The van der Waals surface area contributed by atoms with Crippen molar-refractivity contribution >= 4 is 44.9 Å². The van der Waals surface area contributed by atoms with Gasteiger partial charge in [0.25, 0.3) is 0 Å². The number of nitrogens with one attached hydrogen (secondary N) is 1. The number of aromatic amines is 1. The summed E-state index contributed by atoms with van der Waals surface area (Å²) in [5.41, 5.74) is 1.28. The van der Waals surface area contributed by atoms with Gasteiger partial charge in [-0.3, -0.25) is 0 Å². The van der Waals surface area contributed by atoms with Crippen LogP contribution in [0.15, 0.2) is 17.0 Å². The lowest BCUT2D eigenvalue weighted by Crippen LogP contribution is -2.31. The molecule has 1 aliphatic heterocycles. The molecule has 0 aliphatic carbocycles. The number of halogens is 1. The molecule has 2 heterocycles. The smallest absolute Gasteiger partial charge is 0.245 e. The van der Waals surface area contributed by atoms with Crippen molar-refractivity contribution in [1.82, 2.24) is 13.9 Å². The highest BCUT2D eigenvalue weighted by molar-refractivity contribution is 7.89. The highest BCUT2D eigenvalue weighted by Gasteiger charge is 2.30. The third kappa shape index (κ3) is 1.84. The molecule has 102 valence electrons. The summed E-state index contributed by atoms with van der Waals surface area (Å²) < 4.78 is 29.0. The third-order valence-corrected chi connectivity index (χ3v) is 5.87. The van der Waals surface area contributed by atoms with Crippen molar-refractivity contribution in [2.24, 2.45) is 0 Å². The van der Waals surface area contributed by atoms with Crippen molar-refractivity contribution in [3.05, 3.63) is 21.9 Å². The third-order valence-electron chi connectivity index (χ3n) is 3.34. The Morgan fingerprint density at radius 2 is 2.16 bits per heavy atom. The van der Waals surface area contributed by atoms with Gasteiger partial charge in [-0.05, 0) is 24.4 Å². The average molecular weight is 318 g/mol. The van der Waals surface area contributed by atoms with E-state index in [1.54, 1.807) is 6.07 Å². The summed E-state index contributed by atoms with van der Waals surface area (Å²) >= 11 is 11.3. The van der Waals surface area contributed by atoms with Gasteiger partial charge in [0.1, 0.15) is 4.90 Å². The van der Waals surface area contributed by atoms with Crippen LogP contribution in [0.1, 0.15) is 6.92 Å². The van der Waals surface area contributed by atoms with Crippen molar-refractivity contribution in [2.45, 2.75) is 18.4 Å². The Labute approximate surface area is 120 Å². The molecular weight excluding hydrogens is 306 g/mol. The standard InChI is InChI=1S/C11H12ClN3O2S2/c1-2-14-3-4-15-10-8(13-11(15)18)5-7(12)6-9(10)19(14,16)17/h5-6H,2-4H2,1H3,(H,13,18). The molecule has 19 heavy (non-hydrogen) atoms. The number of likely N-dealkylation sites (N-methyl/N-ethyl adjacent to an activating group) is 1. The molecule has 0 radical (unpaired) electrons. The van der Waals surface area contributed by atoms with E-state index in [0.717, 1.165) is 0 Å². The van der Waals surface area contributed by atoms with Gasteiger partial charge in [-0.2, -0.15) is 4.31 Å². The number of hydrogen-bond acceptors (Lipinski definition) is 3. The first-order valence-corrected chi connectivity index (χ1v) is 8.10. The number of nitrogens with zero attached hydrogens (tertiary/aromatic N) is 2. The predicted octanol–water partition coefficient (Wildman–Crippen LogP) is 2.38. The fourth-order valence-electron chi connectivity index (χ4n) is 2.44. The number of benzene rings is 1. The van der Waals surface area contributed by atoms with Crippen LogP contribution < -0.4 is 0 Å². The summed E-state index contributed by atoms with van der Waals surface area (Å²) in [5.74, 6) is 0. The lowest BCUT2D eigenvalue weighted by atomic mass is 10.3. The quantitative estimate of drug-likeness (QED) is 0.822. The summed E-state index contributed by atoms with van der Waals surface area (Å²) in [7, 11) is -3.52. The van der Waals surface area contributed by atoms with Gasteiger partial charge in [0.05, 0.1) is 11.0 Å². The second-order valence-corrected chi connectivity index (χ2v) is 7.11.